The number of aromatic nitrogens is 1. The zero-order valence-electron chi connectivity index (χ0n) is 19.7. The summed E-state index contributed by atoms with van der Waals surface area (Å²) in [7, 11) is 1.55. The Hall–Kier alpha value is -4.14. The number of carbonyl (C=O) groups excluding carboxylic acids is 2. The number of pyridine rings is 1. The van der Waals surface area contributed by atoms with Crippen molar-refractivity contribution in [2.45, 2.75) is 39.3 Å². The zero-order valence-corrected chi connectivity index (χ0v) is 19.7. The molecule has 9 heteroatoms. The molecule has 0 radical (unpaired) electrons. The van der Waals surface area contributed by atoms with Gasteiger partial charge >= 0.3 is 0 Å². The van der Waals surface area contributed by atoms with Crippen LogP contribution in [0.15, 0.2) is 41.2 Å². The van der Waals surface area contributed by atoms with Crippen LogP contribution in [0.25, 0.3) is 0 Å². The lowest BCUT2D eigenvalue weighted by Crippen LogP contribution is -2.32. The van der Waals surface area contributed by atoms with Crippen LogP contribution in [-0.2, 0) is 13.6 Å². The molecule has 180 valence electrons. The first kappa shape index (κ1) is 22.6. The maximum absolute atomic E-state index is 14.7. The lowest BCUT2D eigenvalue weighted by molar-refractivity contribution is 0.0948. The molecule has 5 rings (SSSR count). The Morgan fingerprint density at radius 1 is 1.09 bits per heavy atom. The van der Waals surface area contributed by atoms with E-state index < -0.39 is 5.82 Å². The first-order valence-corrected chi connectivity index (χ1v) is 11.5. The van der Waals surface area contributed by atoms with Gasteiger partial charge in [0.15, 0.2) is 0 Å². The summed E-state index contributed by atoms with van der Waals surface area (Å²) in [6.45, 7) is 3.84. The van der Waals surface area contributed by atoms with Gasteiger partial charge in [0.2, 0.25) is 0 Å². The maximum atomic E-state index is 14.7. The Balaban J connectivity index is 1.64. The average Bonchev–Trinajstić information content (AvgIpc) is 3.57. The molecule has 2 amide bonds. The molecule has 2 heterocycles. The van der Waals surface area contributed by atoms with Crippen LogP contribution in [0.3, 0.4) is 0 Å². The molecule has 1 aliphatic carbocycles. The lowest BCUT2D eigenvalue weighted by atomic mass is 10.1. The normalized spacial score (nSPS) is 14.3. The standard InChI is InChI=1S/C26H26FN5O3/c1-13-4-9-20(19(27)10-13)31-23-21(25(34)30-16-5-6-16)22(14(2)26(35)32(23)3)29-17-7-8-18-15(11-17)12-28-24(18)33/h4,7-11,16,29,31H,5-6,12H2,1-3H3,(H,28,33)(H,30,34). The Morgan fingerprint density at radius 3 is 2.57 bits per heavy atom. The van der Waals surface area contributed by atoms with Gasteiger partial charge in [-0.2, -0.15) is 0 Å². The third kappa shape index (κ3) is 4.25. The van der Waals surface area contributed by atoms with Crippen LogP contribution in [0.4, 0.5) is 27.3 Å². The van der Waals surface area contributed by atoms with E-state index in [0.29, 0.717) is 29.0 Å². The monoisotopic (exact) mass is 475 g/mol. The molecule has 1 aliphatic heterocycles. The highest BCUT2D eigenvalue weighted by Crippen LogP contribution is 2.33. The number of fused-ring (bicyclic) bond motifs is 1. The maximum Gasteiger partial charge on any atom is 0.257 e. The minimum atomic E-state index is -0.489. The van der Waals surface area contributed by atoms with Gasteiger partial charge in [-0.1, -0.05) is 6.07 Å². The molecule has 1 saturated carbocycles. The molecule has 4 N–H and O–H groups in total. The highest BCUT2D eigenvalue weighted by atomic mass is 19.1. The van der Waals surface area contributed by atoms with Crippen LogP contribution in [0.5, 0.6) is 0 Å². The number of benzene rings is 2. The number of nitrogens with one attached hydrogen (secondary N) is 4. The second-order valence-corrected chi connectivity index (χ2v) is 9.12. The van der Waals surface area contributed by atoms with Gasteiger partial charge in [0.05, 0.1) is 11.4 Å². The summed E-state index contributed by atoms with van der Waals surface area (Å²) in [6, 6.07) is 10.1. The largest absolute Gasteiger partial charge is 0.354 e. The molecule has 0 bridgehead atoms. The number of hydrogen-bond acceptors (Lipinski definition) is 5. The first-order chi connectivity index (χ1) is 16.7. The topological polar surface area (TPSA) is 104 Å². The minimum Gasteiger partial charge on any atom is -0.354 e. The van der Waals surface area contributed by atoms with E-state index in [1.165, 1.54) is 10.6 Å². The van der Waals surface area contributed by atoms with Gasteiger partial charge in [0.25, 0.3) is 17.4 Å². The molecule has 8 nitrogen and oxygen atoms in total. The molecular formula is C26H26FN5O3. The van der Waals surface area contributed by atoms with E-state index >= 15 is 0 Å². The number of halogens is 1. The van der Waals surface area contributed by atoms with Crippen LogP contribution >= 0.6 is 0 Å². The van der Waals surface area contributed by atoms with Crippen molar-refractivity contribution in [1.82, 2.24) is 15.2 Å². The van der Waals surface area contributed by atoms with Gasteiger partial charge in [-0.3, -0.25) is 19.0 Å². The molecule has 1 fully saturated rings. The predicted octanol–water partition coefficient (Wildman–Crippen LogP) is 3.76. The van der Waals surface area contributed by atoms with Crippen LogP contribution in [0.1, 0.15) is 50.2 Å². The minimum absolute atomic E-state index is 0.0777. The molecule has 35 heavy (non-hydrogen) atoms. The third-order valence-corrected chi connectivity index (χ3v) is 6.40. The molecule has 0 saturated heterocycles. The summed E-state index contributed by atoms with van der Waals surface area (Å²) in [5, 5.41) is 12.0. The molecular weight excluding hydrogens is 449 g/mol. The van der Waals surface area contributed by atoms with E-state index in [1.54, 1.807) is 45.2 Å². The molecule has 3 aromatic rings. The number of anilines is 4. The summed E-state index contributed by atoms with van der Waals surface area (Å²) < 4.78 is 16.0. The number of hydrogen-bond donors (Lipinski definition) is 4. The van der Waals surface area contributed by atoms with Gasteiger partial charge in [-0.15, -0.1) is 0 Å². The van der Waals surface area contributed by atoms with Crippen LogP contribution in [-0.4, -0.2) is 22.4 Å². The van der Waals surface area contributed by atoms with Crippen LogP contribution < -0.4 is 26.8 Å². The van der Waals surface area contributed by atoms with Crippen molar-refractivity contribution in [1.29, 1.82) is 0 Å². The predicted molar refractivity (Wildman–Crippen MR) is 132 cm³/mol. The zero-order chi connectivity index (χ0) is 24.9. The van der Waals surface area contributed by atoms with E-state index in [-0.39, 0.29) is 40.5 Å². The van der Waals surface area contributed by atoms with Crippen molar-refractivity contribution in [2.75, 3.05) is 10.6 Å². The Kier molecular flexibility index (Phi) is 5.55. The van der Waals surface area contributed by atoms with Gasteiger partial charge in [-0.25, -0.2) is 4.39 Å². The number of amides is 2. The highest BCUT2D eigenvalue weighted by molar-refractivity contribution is 6.06. The number of aryl methyl sites for hydroxylation is 1. The van der Waals surface area contributed by atoms with Crippen molar-refractivity contribution in [2.24, 2.45) is 7.05 Å². The fourth-order valence-electron chi connectivity index (χ4n) is 4.25. The van der Waals surface area contributed by atoms with Gasteiger partial charge in [0, 0.05) is 36.4 Å². The lowest BCUT2D eigenvalue weighted by Gasteiger charge is -2.22. The molecule has 1 aromatic heterocycles. The van der Waals surface area contributed by atoms with E-state index in [0.717, 1.165) is 24.0 Å². The van der Waals surface area contributed by atoms with E-state index in [1.807, 2.05) is 6.07 Å². The second-order valence-electron chi connectivity index (χ2n) is 9.12. The molecule has 0 atom stereocenters. The number of nitrogens with zero attached hydrogens (tertiary/aromatic N) is 1. The SMILES string of the molecule is Cc1ccc(Nc2c(C(=O)NC3CC3)c(Nc3ccc4c(c3)CNC4=O)c(C)c(=O)n2C)c(F)c1. The third-order valence-electron chi connectivity index (χ3n) is 6.40. The van der Waals surface area contributed by atoms with Gasteiger partial charge in [0.1, 0.15) is 17.2 Å². The molecule has 2 aliphatic rings. The van der Waals surface area contributed by atoms with Crippen molar-refractivity contribution in [3.63, 3.8) is 0 Å². The van der Waals surface area contributed by atoms with Crippen molar-refractivity contribution in [3.8, 4) is 0 Å². The van der Waals surface area contributed by atoms with E-state index in [9.17, 15) is 18.8 Å². The number of rotatable bonds is 6. The first-order valence-electron chi connectivity index (χ1n) is 11.5. The van der Waals surface area contributed by atoms with Crippen molar-refractivity contribution < 1.29 is 14.0 Å². The summed E-state index contributed by atoms with van der Waals surface area (Å²) in [5.41, 5.74) is 3.52. The summed E-state index contributed by atoms with van der Waals surface area (Å²) in [4.78, 5) is 38.5. The fourth-order valence-corrected chi connectivity index (χ4v) is 4.25. The smallest absolute Gasteiger partial charge is 0.257 e. The summed E-state index contributed by atoms with van der Waals surface area (Å²) in [5.74, 6) is -0.798. The highest BCUT2D eigenvalue weighted by Gasteiger charge is 2.30. The Labute approximate surface area is 201 Å². The summed E-state index contributed by atoms with van der Waals surface area (Å²) >= 11 is 0. The molecule has 2 aromatic carbocycles. The quantitative estimate of drug-likeness (QED) is 0.435. The number of carbonyl (C=O) groups is 2. The Morgan fingerprint density at radius 2 is 1.86 bits per heavy atom. The second kappa shape index (κ2) is 8.57. The average molecular weight is 476 g/mol. The van der Waals surface area contributed by atoms with Crippen molar-refractivity contribution in [3.05, 3.63) is 80.4 Å². The summed E-state index contributed by atoms with van der Waals surface area (Å²) in [6.07, 6.45) is 1.78. The molecule has 0 spiro atoms. The Bertz CT molecular complexity index is 1440. The van der Waals surface area contributed by atoms with Crippen molar-refractivity contribution >= 4 is 34.7 Å². The van der Waals surface area contributed by atoms with E-state index in [4.69, 9.17) is 0 Å². The van der Waals surface area contributed by atoms with Crippen LogP contribution in [0, 0.1) is 19.7 Å². The van der Waals surface area contributed by atoms with Gasteiger partial charge in [-0.05, 0) is 68.1 Å². The van der Waals surface area contributed by atoms with Gasteiger partial charge < -0.3 is 21.3 Å². The van der Waals surface area contributed by atoms with Crippen LogP contribution in [0.2, 0.25) is 0 Å². The molecule has 0 unspecified atom stereocenters. The fraction of sp³-hybridized carbons (Fsp3) is 0.269. The van der Waals surface area contributed by atoms with E-state index in [2.05, 4.69) is 21.3 Å².